The predicted octanol–water partition coefficient (Wildman–Crippen LogP) is 2.51. The van der Waals surface area contributed by atoms with Gasteiger partial charge < -0.3 is 14.4 Å². The summed E-state index contributed by atoms with van der Waals surface area (Å²) in [5.74, 6) is 0.250. The van der Waals surface area contributed by atoms with Gasteiger partial charge in [-0.25, -0.2) is 0 Å². The number of hydrogen-bond acceptors (Lipinski definition) is 3. The molecule has 0 aromatic rings. The van der Waals surface area contributed by atoms with E-state index in [-0.39, 0.29) is 23.2 Å². The Labute approximate surface area is 121 Å². The van der Waals surface area contributed by atoms with Gasteiger partial charge in [-0.05, 0) is 39.5 Å². The molecule has 1 saturated carbocycles. The Morgan fingerprint density at radius 2 is 1.95 bits per heavy atom. The van der Waals surface area contributed by atoms with E-state index in [0.29, 0.717) is 13.0 Å². The molecule has 1 unspecified atom stereocenters. The van der Waals surface area contributed by atoms with Gasteiger partial charge in [0.25, 0.3) is 0 Å². The molecule has 0 aromatic carbocycles. The number of amides is 1. The fourth-order valence-corrected chi connectivity index (χ4v) is 4.10. The minimum Gasteiger partial charge on any atom is -0.378 e. The van der Waals surface area contributed by atoms with Gasteiger partial charge in [-0.15, -0.1) is 0 Å². The summed E-state index contributed by atoms with van der Waals surface area (Å²) >= 11 is 0. The second kappa shape index (κ2) is 5.30. The van der Waals surface area contributed by atoms with E-state index in [1.54, 1.807) is 0 Å². The molecule has 0 aromatic heterocycles. The maximum atomic E-state index is 12.6. The highest BCUT2D eigenvalue weighted by molar-refractivity contribution is 5.77. The monoisotopic (exact) mass is 281 g/mol. The highest BCUT2D eigenvalue weighted by Gasteiger charge is 2.47. The van der Waals surface area contributed by atoms with E-state index in [1.807, 2.05) is 4.90 Å². The van der Waals surface area contributed by atoms with Crippen LogP contribution in [0, 0.1) is 0 Å². The largest absolute Gasteiger partial charge is 0.378 e. The van der Waals surface area contributed by atoms with Crippen molar-refractivity contribution in [2.45, 2.75) is 76.1 Å². The molecule has 2 aliphatic heterocycles. The first kappa shape index (κ1) is 14.3. The van der Waals surface area contributed by atoms with Crippen LogP contribution in [0.15, 0.2) is 0 Å². The van der Waals surface area contributed by atoms with Gasteiger partial charge >= 0.3 is 0 Å². The van der Waals surface area contributed by atoms with Crippen LogP contribution >= 0.6 is 0 Å². The summed E-state index contributed by atoms with van der Waals surface area (Å²) in [5, 5.41) is 0. The second-order valence-corrected chi connectivity index (χ2v) is 7.34. The summed E-state index contributed by atoms with van der Waals surface area (Å²) in [5.41, 5.74) is -0.303. The third-order valence-corrected chi connectivity index (χ3v) is 4.84. The molecule has 0 bridgehead atoms. The van der Waals surface area contributed by atoms with Crippen molar-refractivity contribution in [1.82, 2.24) is 4.90 Å². The van der Waals surface area contributed by atoms with Crippen molar-refractivity contribution >= 4 is 5.91 Å². The minimum atomic E-state index is -0.227. The molecule has 20 heavy (non-hydrogen) atoms. The number of nitrogens with zero attached hydrogens (tertiary/aromatic N) is 1. The van der Waals surface area contributed by atoms with Crippen LogP contribution in [0.5, 0.6) is 0 Å². The van der Waals surface area contributed by atoms with Gasteiger partial charge in [0.05, 0.1) is 23.7 Å². The van der Waals surface area contributed by atoms with Gasteiger partial charge in [-0.2, -0.15) is 0 Å². The van der Waals surface area contributed by atoms with Crippen LogP contribution in [0.25, 0.3) is 0 Å². The van der Waals surface area contributed by atoms with Crippen molar-refractivity contribution in [3.8, 4) is 0 Å². The summed E-state index contributed by atoms with van der Waals surface area (Å²) in [6, 6.07) is 0. The zero-order chi connectivity index (χ0) is 14.2. The molecule has 1 amide bonds. The van der Waals surface area contributed by atoms with Crippen LogP contribution in [-0.2, 0) is 14.3 Å². The quantitative estimate of drug-likeness (QED) is 0.780. The van der Waals surface area contributed by atoms with E-state index in [2.05, 4.69) is 13.8 Å². The van der Waals surface area contributed by atoms with Gasteiger partial charge in [0.1, 0.15) is 0 Å². The van der Waals surface area contributed by atoms with E-state index in [0.717, 1.165) is 38.8 Å². The molecular weight excluding hydrogens is 254 g/mol. The Hall–Kier alpha value is -0.610. The molecule has 114 valence electrons. The summed E-state index contributed by atoms with van der Waals surface area (Å²) in [6.07, 6.45) is 7.47. The third-order valence-electron chi connectivity index (χ3n) is 4.84. The molecule has 3 rings (SSSR count). The van der Waals surface area contributed by atoms with E-state index in [1.165, 1.54) is 12.8 Å². The Kier molecular flexibility index (Phi) is 3.80. The standard InChI is InChI=1S/C16H27NO3/c1-15(2)11-17(12-16(20-15)7-3-4-8-16)14(18)10-13-6-5-9-19-13/h13H,3-12H2,1-2H3. The van der Waals surface area contributed by atoms with E-state index in [4.69, 9.17) is 9.47 Å². The fourth-order valence-electron chi connectivity index (χ4n) is 4.10. The highest BCUT2D eigenvalue weighted by Crippen LogP contribution is 2.40. The second-order valence-electron chi connectivity index (χ2n) is 7.34. The zero-order valence-electron chi connectivity index (χ0n) is 12.8. The van der Waals surface area contributed by atoms with Gasteiger partial charge in [-0.3, -0.25) is 4.79 Å². The van der Waals surface area contributed by atoms with Crippen LogP contribution in [0.3, 0.4) is 0 Å². The van der Waals surface area contributed by atoms with Crippen molar-refractivity contribution in [1.29, 1.82) is 0 Å². The number of ether oxygens (including phenoxy) is 2. The Bertz CT molecular complexity index is 368. The molecule has 2 heterocycles. The van der Waals surface area contributed by atoms with Crippen LogP contribution in [0.2, 0.25) is 0 Å². The van der Waals surface area contributed by atoms with Crippen molar-refractivity contribution in [3.63, 3.8) is 0 Å². The molecule has 3 fully saturated rings. The lowest BCUT2D eigenvalue weighted by Gasteiger charge is -2.49. The molecular formula is C16H27NO3. The fraction of sp³-hybridized carbons (Fsp3) is 0.938. The van der Waals surface area contributed by atoms with Crippen LogP contribution in [-0.4, -0.2) is 47.8 Å². The molecule has 4 nitrogen and oxygen atoms in total. The number of rotatable bonds is 2. The average molecular weight is 281 g/mol. The number of carbonyl (C=O) groups is 1. The van der Waals surface area contributed by atoms with E-state index < -0.39 is 0 Å². The Balaban J connectivity index is 1.66. The normalized spacial score (nSPS) is 31.9. The van der Waals surface area contributed by atoms with Gasteiger partial charge in [-0.1, -0.05) is 12.8 Å². The topological polar surface area (TPSA) is 38.8 Å². The lowest BCUT2D eigenvalue weighted by atomic mass is 9.93. The van der Waals surface area contributed by atoms with Crippen LogP contribution in [0.4, 0.5) is 0 Å². The first-order chi connectivity index (χ1) is 9.48. The average Bonchev–Trinajstić information content (AvgIpc) is 2.99. The summed E-state index contributed by atoms with van der Waals surface area (Å²) in [4.78, 5) is 14.6. The zero-order valence-corrected chi connectivity index (χ0v) is 12.8. The maximum absolute atomic E-state index is 12.6. The summed E-state index contributed by atoms with van der Waals surface area (Å²) in [7, 11) is 0. The van der Waals surface area contributed by atoms with Gasteiger partial charge in [0.2, 0.25) is 5.91 Å². The lowest BCUT2D eigenvalue weighted by Crippen LogP contribution is -2.60. The smallest absolute Gasteiger partial charge is 0.225 e. The molecule has 0 N–H and O–H groups in total. The van der Waals surface area contributed by atoms with Crippen LogP contribution in [0.1, 0.15) is 58.8 Å². The minimum absolute atomic E-state index is 0.0755. The highest BCUT2D eigenvalue weighted by atomic mass is 16.5. The van der Waals surface area contributed by atoms with Crippen LogP contribution < -0.4 is 0 Å². The molecule has 1 spiro atoms. The molecule has 3 aliphatic rings. The molecule has 1 atom stereocenters. The molecule has 4 heteroatoms. The summed E-state index contributed by atoms with van der Waals surface area (Å²) < 4.78 is 12.0. The molecule has 0 radical (unpaired) electrons. The maximum Gasteiger partial charge on any atom is 0.225 e. The Morgan fingerprint density at radius 3 is 2.60 bits per heavy atom. The van der Waals surface area contributed by atoms with E-state index in [9.17, 15) is 4.79 Å². The van der Waals surface area contributed by atoms with Crippen molar-refractivity contribution in [2.24, 2.45) is 0 Å². The first-order valence-corrected chi connectivity index (χ1v) is 8.08. The van der Waals surface area contributed by atoms with Crippen molar-refractivity contribution in [3.05, 3.63) is 0 Å². The predicted molar refractivity (Wildman–Crippen MR) is 76.5 cm³/mol. The van der Waals surface area contributed by atoms with Crippen molar-refractivity contribution in [2.75, 3.05) is 19.7 Å². The third kappa shape index (κ3) is 3.01. The van der Waals surface area contributed by atoms with Gasteiger partial charge in [0.15, 0.2) is 0 Å². The first-order valence-electron chi connectivity index (χ1n) is 8.08. The Morgan fingerprint density at radius 1 is 1.20 bits per heavy atom. The van der Waals surface area contributed by atoms with Gasteiger partial charge in [0, 0.05) is 19.7 Å². The lowest BCUT2D eigenvalue weighted by molar-refractivity contribution is -0.199. The summed E-state index contributed by atoms with van der Waals surface area (Å²) in [6.45, 7) is 6.52. The SMILES string of the molecule is CC1(C)CN(C(=O)CC2CCCO2)CC2(CCCC2)O1. The number of hydrogen-bond donors (Lipinski definition) is 0. The van der Waals surface area contributed by atoms with Crippen molar-refractivity contribution < 1.29 is 14.3 Å². The number of carbonyl (C=O) groups excluding carboxylic acids is 1. The number of morpholine rings is 1. The molecule has 2 saturated heterocycles. The van der Waals surface area contributed by atoms with E-state index >= 15 is 0 Å². The molecule has 1 aliphatic carbocycles.